The Morgan fingerprint density at radius 3 is 2.33 bits per heavy atom. The van der Waals surface area contributed by atoms with Gasteiger partial charge in [-0.2, -0.15) is 17.9 Å². The number of aromatic nitrogens is 5. The molecule has 0 atom stereocenters. The Hall–Kier alpha value is -2.53. The zero-order chi connectivity index (χ0) is 20.0. The van der Waals surface area contributed by atoms with E-state index in [1.807, 2.05) is 0 Å². The van der Waals surface area contributed by atoms with Crippen molar-refractivity contribution >= 4 is 21.4 Å². The standard InChI is InChI=1S/C15H11ClF3N5O2S/c1-8-7-9(3-4-10(8)16)13-20-14(15(17,18)19)23-24(13)11-5-6-12(22-21-11)27(2,25)26/h3-7H,1-2H3. The summed E-state index contributed by atoms with van der Waals surface area (Å²) in [6, 6.07) is 6.90. The van der Waals surface area contributed by atoms with E-state index in [4.69, 9.17) is 11.6 Å². The highest BCUT2D eigenvalue weighted by Gasteiger charge is 2.37. The lowest BCUT2D eigenvalue weighted by molar-refractivity contribution is -0.144. The van der Waals surface area contributed by atoms with Gasteiger partial charge in [-0.3, -0.25) is 0 Å². The van der Waals surface area contributed by atoms with E-state index in [0.29, 0.717) is 16.1 Å². The van der Waals surface area contributed by atoms with Gasteiger partial charge in [-0.1, -0.05) is 11.6 Å². The predicted molar refractivity (Wildman–Crippen MR) is 90.2 cm³/mol. The average molecular weight is 418 g/mol. The predicted octanol–water partition coefficient (Wildman–Crippen LogP) is 3.11. The number of hydrogen-bond acceptors (Lipinski definition) is 6. The van der Waals surface area contributed by atoms with Crippen molar-refractivity contribution in [2.45, 2.75) is 18.1 Å². The SMILES string of the molecule is Cc1cc(-c2nc(C(F)(F)F)nn2-c2ccc(S(C)(=O)=O)nn2)ccc1Cl. The molecule has 0 saturated heterocycles. The largest absolute Gasteiger partial charge is 0.453 e. The van der Waals surface area contributed by atoms with Crippen LogP contribution in [0.25, 0.3) is 17.2 Å². The molecule has 7 nitrogen and oxygen atoms in total. The molecule has 0 aliphatic rings. The molecular weight excluding hydrogens is 407 g/mol. The minimum atomic E-state index is -4.78. The van der Waals surface area contributed by atoms with Crippen LogP contribution in [-0.2, 0) is 16.0 Å². The molecular formula is C15H11ClF3N5O2S. The first-order chi connectivity index (χ1) is 12.5. The molecule has 0 radical (unpaired) electrons. The molecule has 27 heavy (non-hydrogen) atoms. The van der Waals surface area contributed by atoms with Gasteiger partial charge < -0.3 is 0 Å². The normalized spacial score (nSPS) is 12.4. The highest BCUT2D eigenvalue weighted by molar-refractivity contribution is 7.90. The molecule has 0 amide bonds. The van der Waals surface area contributed by atoms with Crippen molar-refractivity contribution in [3.63, 3.8) is 0 Å². The van der Waals surface area contributed by atoms with Gasteiger partial charge in [0.1, 0.15) is 0 Å². The lowest BCUT2D eigenvalue weighted by Gasteiger charge is -2.06. The summed E-state index contributed by atoms with van der Waals surface area (Å²) < 4.78 is 63.1. The summed E-state index contributed by atoms with van der Waals surface area (Å²) in [6.45, 7) is 1.69. The number of benzene rings is 1. The summed E-state index contributed by atoms with van der Waals surface area (Å²) >= 11 is 5.96. The van der Waals surface area contributed by atoms with Crippen molar-refractivity contribution < 1.29 is 21.6 Å². The topological polar surface area (TPSA) is 90.6 Å². The second-order valence-corrected chi connectivity index (χ2v) is 8.00. The second-order valence-electron chi connectivity index (χ2n) is 5.63. The van der Waals surface area contributed by atoms with Crippen LogP contribution in [0.15, 0.2) is 35.4 Å². The lowest BCUT2D eigenvalue weighted by atomic mass is 10.1. The third kappa shape index (κ3) is 3.93. The Morgan fingerprint density at radius 2 is 1.81 bits per heavy atom. The van der Waals surface area contributed by atoms with Crippen molar-refractivity contribution in [1.29, 1.82) is 0 Å². The minimum absolute atomic E-state index is 0.118. The second kappa shape index (κ2) is 6.57. The van der Waals surface area contributed by atoms with Gasteiger partial charge in [-0.05, 0) is 42.8 Å². The molecule has 0 fully saturated rings. The molecule has 0 aliphatic heterocycles. The minimum Gasteiger partial charge on any atom is -0.222 e. The first-order valence-corrected chi connectivity index (χ1v) is 9.58. The van der Waals surface area contributed by atoms with Crippen molar-refractivity contribution in [2.75, 3.05) is 6.26 Å². The fourth-order valence-electron chi connectivity index (χ4n) is 2.19. The van der Waals surface area contributed by atoms with E-state index in [1.54, 1.807) is 13.0 Å². The maximum absolute atomic E-state index is 13.1. The Morgan fingerprint density at radius 1 is 1.11 bits per heavy atom. The molecule has 3 aromatic rings. The first kappa shape index (κ1) is 19.2. The van der Waals surface area contributed by atoms with Crippen LogP contribution in [0.3, 0.4) is 0 Å². The highest BCUT2D eigenvalue weighted by atomic mass is 35.5. The van der Waals surface area contributed by atoms with Crippen molar-refractivity contribution in [2.24, 2.45) is 0 Å². The molecule has 2 heterocycles. The van der Waals surface area contributed by atoms with Crippen molar-refractivity contribution in [3.05, 3.63) is 46.7 Å². The molecule has 0 saturated carbocycles. The molecule has 0 bridgehead atoms. The van der Waals surface area contributed by atoms with E-state index in [1.165, 1.54) is 18.2 Å². The molecule has 0 aliphatic carbocycles. The Kier molecular flexibility index (Phi) is 4.68. The number of halogens is 4. The average Bonchev–Trinajstić information content (AvgIpc) is 3.02. The van der Waals surface area contributed by atoms with E-state index >= 15 is 0 Å². The van der Waals surface area contributed by atoms with Gasteiger partial charge >= 0.3 is 6.18 Å². The van der Waals surface area contributed by atoms with Crippen molar-refractivity contribution in [3.8, 4) is 17.2 Å². The number of nitrogens with zero attached hydrogens (tertiary/aromatic N) is 5. The lowest BCUT2D eigenvalue weighted by Crippen LogP contribution is -2.10. The van der Waals surface area contributed by atoms with Crippen LogP contribution in [0.4, 0.5) is 13.2 Å². The zero-order valence-corrected chi connectivity index (χ0v) is 15.4. The molecule has 3 rings (SSSR count). The molecule has 0 spiro atoms. The molecule has 0 unspecified atom stereocenters. The zero-order valence-electron chi connectivity index (χ0n) is 13.9. The Balaban J connectivity index is 2.19. The third-order valence-corrected chi connectivity index (χ3v) is 4.90. The molecule has 12 heteroatoms. The van der Waals surface area contributed by atoms with Crippen molar-refractivity contribution in [1.82, 2.24) is 25.0 Å². The fraction of sp³-hybridized carbons (Fsp3) is 0.200. The van der Waals surface area contributed by atoms with Gasteiger partial charge in [0.05, 0.1) is 0 Å². The van der Waals surface area contributed by atoms with Crippen LogP contribution in [0.5, 0.6) is 0 Å². The third-order valence-electron chi connectivity index (χ3n) is 3.50. The first-order valence-electron chi connectivity index (χ1n) is 7.32. The van der Waals surface area contributed by atoms with Crippen LogP contribution in [0.2, 0.25) is 5.02 Å². The van der Waals surface area contributed by atoms with Crippen LogP contribution in [-0.4, -0.2) is 39.6 Å². The molecule has 142 valence electrons. The summed E-state index contributed by atoms with van der Waals surface area (Å²) in [7, 11) is -3.61. The Bertz CT molecular complexity index is 1110. The smallest absolute Gasteiger partial charge is 0.222 e. The van der Waals surface area contributed by atoms with Gasteiger partial charge in [0.15, 0.2) is 26.5 Å². The van der Waals surface area contributed by atoms with E-state index in [0.717, 1.165) is 17.0 Å². The maximum Gasteiger partial charge on any atom is 0.453 e. The van der Waals surface area contributed by atoms with E-state index < -0.39 is 21.8 Å². The quantitative estimate of drug-likeness (QED) is 0.650. The van der Waals surface area contributed by atoms with E-state index in [9.17, 15) is 21.6 Å². The van der Waals surface area contributed by atoms with E-state index in [-0.39, 0.29) is 16.7 Å². The highest BCUT2D eigenvalue weighted by Crippen LogP contribution is 2.31. The monoisotopic (exact) mass is 417 g/mol. The maximum atomic E-state index is 13.1. The molecule has 0 N–H and O–H groups in total. The van der Waals surface area contributed by atoms with Crippen LogP contribution < -0.4 is 0 Å². The van der Waals surface area contributed by atoms with Gasteiger partial charge in [0, 0.05) is 16.8 Å². The number of alkyl halides is 3. The van der Waals surface area contributed by atoms with Gasteiger partial charge in [-0.15, -0.1) is 15.3 Å². The summed E-state index contributed by atoms with van der Waals surface area (Å²) in [5.74, 6) is -1.62. The summed E-state index contributed by atoms with van der Waals surface area (Å²) in [6.07, 6.45) is -3.84. The summed E-state index contributed by atoms with van der Waals surface area (Å²) in [5.41, 5.74) is 0.963. The van der Waals surface area contributed by atoms with E-state index in [2.05, 4.69) is 20.3 Å². The molecule has 1 aromatic carbocycles. The van der Waals surface area contributed by atoms with Gasteiger partial charge in [0.2, 0.25) is 0 Å². The van der Waals surface area contributed by atoms with Crippen LogP contribution >= 0.6 is 11.6 Å². The Labute approximate surface area is 156 Å². The van der Waals surface area contributed by atoms with Gasteiger partial charge in [0.25, 0.3) is 5.82 Å². The number of sulfone groups is 1. The number of rotatable bonds is 3. The number of aryl methyl sites for hydroxylation is 1. The van der Waals surface area contributed by atoms with Gasteiger partial charge in [-0.25, -0.2) is 13.4 Å². The molecule has 2 aromatic heterocycles. The van der Waals surface area contributed by atoms with Crippen LogP contribution in [0, 0.1) is 6.92 Å². The summed E-state index contributed by atoms with van der Waals surface area (Å²) in [4.78, 5) is 3.57. The summed E-state index contributed by atoms with van der Waals surface area (Å²) in [5, 5.41) is 10.8. The van der Waals surface area contributed by atoms with Crippen LogP contribution in [0.1, 0.15) is 11.4 Å². The fourth-order valence-corrected chi connectivity index (χ4v) is 2.81. The number of hydrogen-bond donors (Lipinski definition) is 0.